The topological polar surface area (TPSA) is 85.2 Å². The van der Waals surface area contributed by atoms with E-state index >= 15 is 0 Å². The molecule has 0 aromatic carbocycles. The number of hydrogen-bond acceptors (Lipinski definition) is 5. The lowest BCUT2D eigenvalue weighted by Crippen LogP contribution is -2.15. The highest BCUT2D eigenvalue weighted by atomic mass is 16.5. The Morgan fingerprint density at radius 3 is 2.83 bits per heavy atom. The van der Waals surface area contributed by atoms with E-state index in [1.54, 1.807) is 0 Å². The van der Waals surface area contributed by atoms with Crippen LogP contribution in [0.2, 0.25) is 0 Å². The number of rotatable bonds is 6. The van der Waals surface area contributed by atoms with Crippen molar-refractivity contribution < 1.29 is 9.15 Å². The molecule has 0 saturated carbocycles. The fourth-order valence-electron chi connectivity index (χ4n) is 2.38. The summed E-state index contributed by atoms with van der Waals surface area (Å²) in [6, 6.07) is 1.37. The second-order valence-corrected chi connectivity index (χ2v) is 5.92. The first-order valence-electron chi connectivity index (χ1n) is 8.16. The quantitative estimate of drug-likeness (QED) is 0.823. The molecule has 2 heterocycles. The monoisotopic (exact) mass is 330 g/mol. The summed E-state index contributed by atoms with van der Waals surface area (Å²) in [5.74, 6) is 6.20. The number of aromatic nitrogens is 2. The molecule has 1 N–H and O–H groups in total. The Hall–Kier alpha value is -2.55. The average molecular weight is 330 g/mol. The number of ether oxygens (including phenoxy) is 1. The minimum atomic E-state index is -0.517. The van der Waals surface area contributed by atoms with Crippen LogP contribution in [0.3, 0.4) is 0 Å². The number of aryl methyl sites for hydroxylation is 1. The van der Waals surface area contributed by atoms with Crippen molar-refractivity contribution in [1.29, 1.82) is 0 Å². The summed E-state index contributed by atoms with van der Waals surface area (Å²) >= 11 is 0. The molecule has 24 heavy (non-hydrogen) atoms. The standard InChI is InChI=1S/C18H22N2O4/c1-4-5-6-10-23-18-19-16(22)15-13(9-7-8-12(2)3)11-14(21)24-17(15)20-18/h11-12H,4,7-10H2,1-3H3,(H,19,20,22). The highest BCUT2D eigenvalue weighted by Gasteiger charge is 2.13. The van der Waals surface area contributed by atoms with Crippen LogP contribution >= 0.6 is 0 Å². The first kappa shape index (κ1) is 17.8. The maximum atomic E-state index is 12.3. The van der Waals surface area contributed by atoms with Crippen LogP contribution in [0.15, 0.2) is 20.1 Å². The van der Waals surface area contributed by atoms with E-state index in [4.69, 9.17) is 9.15 Å². The first-order valence-corrected chi connectivity index (χ1v) is 8.16. The smallest absolute Gasteiger partial charge is 0.337 e. The highest BCUT2D eigenvalue weighted by molar-refractivity contribution is 5.75. The molecule has 0 aliphatic rings. The number of aromatic amines is 1. The van der Waals surface area contributed by atoms with E-state index in [1.165, 1.54) is 6.07 Å². The zero-order valence-electron chi connectivity index (χ0n) is 14.3. The van der Waals surface area contributed by atoms with Crippen LogP contribution in [0.1, 0.15) is 45.6 Å². The molecule has 0 aliphatic heterocycles. The van der Waals surface area contributed by atoms with E-state index in [0.717, 1.165) is 19.3 Å². The van der Waals surface area contributed by atoms with Gasteiger partial charge in [0.1, 0.15) is 5.39 Å². The summed E-state index contributed by atoms with van der Waals surface area (Å²) < 4.78 is 10.4. The molecule has 0 spiro atoms. The third-order valence-electron chi connectivity index (χ3n) is 3.49. The molecule has 0 atom stereocenters. The summed E-state index contributed by atoms with van der Waals surface area (Å²) in [6.07, 6.45) is 3.26. The molecule has 0 bridgehead atoms. The van der Waals surface area contributed by atoms with E-state index < -0.39 is 5.63 Å². The van der Waals surface area contributed by atoms with Crippen LogP contribution in [0.25, 0.3) is 11.1 Å². The molecule has 2 rings (SSSR count). The van der Waals surface area contributed by atoms with Gasteiger partial charge < -0.3 is 9.15 Å². The van der Waals surface area contributed by atoms with Gasteiger partial charge in [-0.15, -0.1) is 5.92 Å². The van der Waals surface area contributed by atoms with E-state index in [2.05, 4.69) is 35.7 Å². The average Bonchev–Trinajstić information content (AvgIpc) is 2.50. The molecular formula is C18H22N2O4. The third-order valence-corrected chi connectivity index (χ3v) is 3.49. The lowest BCUT2D eigenvalue weighted by atomic mass is 10.0. The third kappa shape index (κ3) is 4.72. The molecule has 0 radical (unpaired) electrons. The lowest BCUT2D eigenvalue weighted by molar-refractivity contribution is 0.337. The Bertz CT molecular complexity index is 868. The largest absolute Gasteiger partial charge is 0.451 e. The molecule has 2 aromatic rings. The summed E-state index contributed by atoms with van der Waals surface area (Å²) in [5.41, 5.74) is -0.226. The van der Waals surface area contributed by atoms with Crippen LogP contribution in [-0.4, -0.2) is 16.6 Å². The summed E-state index contributed by atoms with van der Waals surface area (Å²) in [5, 5.41) is 0.311. The Balaban J connectivity index is 2.33. The predicted octanol–water partition coefficient (Wildman–Crippen LogP) is 2.65. The van der Waals surface area contributed by atoms with E-state index in [0.29, 0.717) is 23.3 Å². The number of H-pyrrole nitrogens is 1. The van der Waals surface area contributed by atoms with Crippen LogP contribution in [0.4, 0.5) is 0 Å². The van der Waals surface area contributed by atoms with Gasteiger partial charge in [0, 0.05) is 12.5 Å². The van der Waals surface area contributed by atoms with Crippen molar-refractivity contribution in [3.05, 3.63) is 32.4 Å². The molecule has 0 fully saturated rings. The maximum absolute atomic E-state index is 12.3. The van der Waals surface area contributed by atoms with Crippen LogP contribution in [0.5, 0.6) is 6.01 Å². The van der Waals surface area contributed by atoms with Gasteiger partial charge in [-0.3, -0.25) is 9.78 Å². The molecule has 128 valence electrons. The lowest BCUT2D eigenvalue weighted by Gasteiger charge is -2.07. The zero-order chi connectivity index (χ0) is 17.5. The fourth-order valence-corrected chi connectivity index (χ4v) is 2.38. The molecule has 0 saturated heterocycles. The van der Waals surface area contributed by atoms with E-state index in [1.807, 2.05) is 6.92 Å². The van der Waals surface area contributed by atoms with Gasteiger partial charge in [0.15, 0.2) is 6.61 Å². The normalized spacial score (nSPS) is 10.7. The molecule has 0 unspecified atom stereocenters. The second kappa shape index (κ2) is 8.34. The number of fused-ring (bicyclic) bond motifs is 1. The van der Waals surface area contributed by atoms with Gasteiger partial charge in [-0.2, -0.15) is 4.98 Å². The summed E-state index contributed by atoms with van der Waals surface area (Å²) in [4.78, 5) is 30.7. The van der Waals surface area contributed by atoms with Crippen molar-refractivity contribution in [3.63, 3.8) is 0 Å². The van der Waals surface area contributed by atoms with Crippen molar-refractivity contribution in [1.82, 2.24) is 9.97 Å². The minimum Gasteiger partial charge on any atom is -0.451 e. The van der Waals surface area contributed by atoms with Crippen LogP contribution in [0, 0.1) is 17.8 Å². The fraction of sp³-hybridized carbons (Fsp3) is 0.500. The van der Waals surface area contributed by atoms with Crippen LogP contribution < -0.4 is 15.9 Å². The van der Waals surface area contributed by atoms with Gasteiger partial charge in [-0.05, 0) is 24.3 Å². The summed E-state index contributed by atoms with van der Waals surface area (Å²) in [6.45, 7) is 6.31. The Kier molecular flexibility index (Phi) is 6.19. The van der Waals surface area contributed by atoms with Gasteiger partial charge >= 0.3 is 11.6 Å². The Labute approximate surface area is 140 Å². The predicted molar refractivity (Wildman–Crippen MR) is 92.2 cm³/mol. The van der Waals surface area contributed by atoms with Gasteiger partial charge in [0.2, 0.25) is 5.71 Å². The van der Waals surface area contributed by atoms with E-state index in [9.17, 15) is 9.59 Å². The SMILES string of the molecule is CCC#CCOc1nc2oc(=O)cc(CCCC(C)C)c2c(=O)[nH]1. The first-order chi connectivity index (χ1) is 11.5. The van der Waals surface area contributed by atoms with Crippen molar-refractivity contribution in [2.24, 2.45) is 5.92 Å². The molecule has 0 aliphatic carbocycles. The second-order valence-electron chi connectivity index (χ2n) is 5.92. The van der Waals surface area contributed by atoms with Gasteiger partial charge in [-0.1, -0.05) is 33.1 Å². The van der Waals surface area contributed by atoms with Gasteiger partial charge in [0.05, 0.1) is 0 Å². The molecule has 6 heteroatoms. The van der Waals surface area contributed by atoms with Gasteiger partial charge in [-0.25, -0.2) is 4.79 Å². The number of nitrogens with zero attached hydrogens (tertiary/aromatic N) is 1. The van der Waals surface area contributed by atoms with Gasteiger partial charge in [0.25, 0.3) is 5.56 Å². The minimum absolute atomic E-state index is 0.000355. The van der Waals surface area contributed by atoms with Crippen molar-refractivity contribution in [3.8, 4) is 17.9 Å². The maximum Gasteiger partial charge on any atom is 0.337 e. The zero-order valence-corrected chi connectivity index (χ0v) is 14.3. The molecule has 6 nitrogen and oxygen atoms in total. The van der Waals surface area contributed by atoms with E-state index in [-0.39, 0.29) is 23.9 Å². The van der Waals surface area contributed by atoms with Crippen molar-refractivity contribution in [2.45, 2.75) is 46.5 Å². The highest BCUT2D eigenvalue weighted by Crippen LogP contribution is 2.16. The molecular weight excluding hydrogens is 308 g/mol. The Morgan fingerprint density at radius 1 is 1.33 bits per heavy atom. The number of hydrogen-bond donors (Lipinski definition) is 1. The Morgan fingerprint density at radius 2 is 2.12 bits per heavy atom. The van der Waals surface area contributed by atoms with Crippen molar-refractivity contribution >= 4 is 11.1 Å². The molecule has 2 aromatic heterocycles. The molecule has 0 amide bonds. The number of nitrogens with one attached hydrogen (secondary N) is 1. The van der Waals surface area contributed by atoms with Crippen molar-refractivity contribution in [2.75, 3.05) is 6.61 Å². The van der Waals surface area contributed by atoms with Crippen LogP contribution in [-0.2, 0) is 6.42 Å². The summed E-state index contributed by atoms with van der Waals surface area (Å²) in [7, 11) is 0.